The number of methoxy groups -OCH3 is 1. The lowest BCUT2D eigenvalue weighted by Crippen LogP contribution is -2.24. The van der Waals surface area contributed by atoms with E-state index in [1.54, 1.807) is 42.3 Å². The Kier molecular flexibility index (Phi) is 8.38. The third-order valence-electron chi connectivity index (χ3n) is 6.13. The summed E-state index contributed by atoms with van der Waals surface area (Å²) in [6.07, 6.45) is -2.32. The number of nitrogens with one attached hydrogen (secondary N) is 1. The quantitative estimate of drug-likeness (QED) is 0.198. The van der Waals surface area contributed by atoms with Crippen LogP contribution < -0.4 is 15.0 Å². The van der Waals surface area contributed by atoms with Gasteiger partial charge in [0.25, 0.3) is 5.69 Å². The molecule has 0 aliphatic heterocycles. The number of ether oxygens (including phenoxy) is 1. The standard InChI is InChI=1S/C26H29F3N8O3/c1-34(2)12-7-13-35(3)21-15-23(40-4)19(14-22(21)37(38)39)33-25-30-11-10-18(32-25)24-31-17-8-5-6-9-20(17)36(24)16-26(27,28)29/h5-6,8-11,14-15H,7,12-13,16H2,1-4H3,(H,30,32,33). The highest BCUT2D eigenvalue weighted by atomic mass is 19.4. The number of benzene rings is 2. The number of fused-ring (bicyclic) bond motifs is 1. The molecule has 0 amide bonds. The van der Waals surface area contributed by atoms with Crippen LogP contribution in [0.2, 0.25) is 0 Å². The maximum absolute atomic E-state index is 13.4. The molecule has 11 nitrogen and oxygen atoms in total. The van der Waals surface area contributed by atoms with Crippen molar-refractivity contribution in [3.05, 3.63) is 58.8 Å². The highest BCUT2D eigenvalue weighted by Crippen LogP contribution is 2.39. The largest absolute Gasteiger partial charge is 0.494 e. The van der Waals surface area contributed by atoms with Crippen molar-refractivity contribution in [1.29, 1.82) is 0 Å². The smallest absolute Gasteiger partial charge is 0.406 e. The summed E-state index contributed by atoms with van der Waals surface area (Å²) >= 11 is 0. The molecule has 4 rings (SSSR count). The molecule has 0 bridgehead atoms. The van der Waals surface area contributed by atoms with E-state index < -0.39 is 17.6 Å². The predicted molar refractivity (Wildman–Crippen MR) is 146 cm³/mol. The summed E-state index contributed by atoms with van der Waals surface area (Å²) < 4.78 is 46.8. The first-order valence-corrected chi connectivity index (χ1v) is 12.3. The second-order valence-corrected chi connectivity index (χ2v) is 9.39. The summed E-state index contributed by atoms with van der Waals surface area (Å²) in [6, 6.07) is 10.8. The molecule has 0 radical (unpaired) electrons. The number of hydrogen-bond acceptors (Lipinski definition) is 9. The fraction of sp³-hybridized carbons (Fsp3) is 0.346. The molecular formula is C26H29F3N8O3. The SMILES string of the molecule is COc1cc(N(C)CCCN(C)C)c([N+](=O)[O-])cc1Nc1nccc(-c2nc3ccccc3n2CC(F)(F)F)n1. The molecule has 4 aromatic rings. The molecule has 2 heterocycles. The van der Waals surface area contributed by atoms with E-state index in [-0.39, 0.29) is 28.8 Å². The average Bonchev–Trinajstić information content (AvgIpc) is 3.25. The van der Waals surface area contributed by atoms with Gasteiger partial charge in [-0.15, -0.1) is 0 Å². The Labute approximate surface area is 228 Å². The summed E-state index contributed by atoms with van der Waals surface area (Å²) in [5, 5.41) is 14.9. The van der Waals surface area contributed by atoms with Gasteiger partial charge in [-0.2, -0.15) is 13.2 Å². The number of para-hydroxylation sites is 2. The molecule has 1 N–H and O–H groups in total. The van der Waals surface area contributed by atoms with Crippen LogP contribution >= 0.6 is 0 Å². The van der Waals surface area contributed by atoms with Crippen molar-refractivity contribution in [3.63, 3.8) is 0 Å². The lowest BCUT2D eigenvalue weighted by Gasteiger charge is -2.22. The van der Waals surface area contributed by atoms with E-state index in [1.807, 2.05) is 19.0 Å². The Morgan fingerprint density at radius 3 is 2.52 bits per heavy atom. The normalized spacial score (nSPS) is 11.7. The van der Waals surface area contributed by atoms with Crippen LogP contribution in [-0.2, 0) is 6.54 Å². The minimum absolute atomic E-state index is 0.00259. The van der Waals surface area contributed by atoms with Crippen molar-refractivity contribution in [2.75, 3.05) is 51.6 Å². The zero-order chi connectivity index (χ0) is 29.0. The lowest BCUT2D eigenvalue weighted by atomic mass is 10.2. The summed E-state index contributed by atoms with van der Waals surface area (Å²) in [7, 11) is 7.10. The average molecular weight is 559 g/mol. The molecule has 0 spiro atoms. The number of alkyl halides is 3. The van der Waals surface area contributed by atoms with Gasteiger partial charge in [0.2, 0.25) is 5.95 Å². The van der Waals surface area contributed by atoms with E-state index in [0.29, 0.717) is 29.0 Å². The Bertz CT molecular complexity index is 1510. The second kappa shape index (κ2) is 11.7. The molecule has 2 aromatic heterocycles. The maximum atomic E-state index is 13.4. The Morgan fingerprint density at radius 1 is 1.10 bits per heavy atom. The first-order chi connectivity index (χ1) is 19.0. The van der Waals surface area contributed by atoms with Crippen LogP contribution in [0.15, 0.2) is 48.7 Å². The van der Waals surface area contributed by atoms with Gasteiger partial charge in [0, 0.05) is 31.9 Å². The first kappa shape index (κ1) is 28.5. The van der Waals surface area contributed by atoms with Crippen molar-refractivity contribution >= 4 is 34.0 Å². The summed E-state index contributed by atoms with van der Waals surface area (Å²) in [5.41, 5.74) is 1.28. The van der Waals surface area contributed by atoms with Crippen LogP contribution in [0.3, 0.4) is 0 Å². The molecule has 0 saturated heterocycles. The van der Waals surface area contributed by atoms with Gasteiger partial charge in [-0.1, -0.05) is 12.1 Å². The van der Waals surface area contributed by atoms with Crippen LogP contribution in [0.4, 0.5) is 36.2 Å². The van der Waals surface area contributed by atoms with E-state index in [4.69, 9.17) is 4.74 Å². The van der Waals surface area contributed by atoms with Gasteiger partial charge in [-0.05, 0) is 45.3 Å². The van der Waals surface area contributed by atoms with Gasteiger partial charge in [0.05, 0.1) is 28.8 Å². The minimum Gasteiger partial charge on any atom is -0.494 e. The van der Waals surface area contributed by atoms with Crippen molar-refractivity contribution in [3.8, 4) is 17.3 Å². The number of nitro benzene ring substituents is 1. The summed E-state index contributed by atoms with van der Waals surface area (Å²) in [4.78, 5) is 28.2. The Morgan fingerprint density at radius 2 is 1.85 bits per heavy atom. The number of halogens is 3. The molecule has 0 aliphatic carbocycles. The number of aromatic nitrogens is 4. The fourth-order valence-corrected chi connectivity index (χ4v) is 4.30. The van der Waals surface area contributed by atoms with Crippen LogP contribution in [0.1, 0.15) is 6.42 Å². The maximum Gasteiger partial charge on any atom is 0.406 e. The van der Waals surface area contributed by atoms with Gasteiger partial charge in [-0.25, -0.2) is 15.0 Å². The highest BCUT2D eigenvalue weighted by molar-refractivity contribution is 5.80. The highest BCUT2D eigenvalue weighted by Gasteiger charge is 2.31. The number of rotatable bonds is 11. The number of hydrogen-bond donors (Lipinski definition) is 1. The van der Waals surface area contributed by atoms with Crippen molar-refractivity contribution < 1.29 is 22.8 Å². The van der Waals surface area contributed by atoms with E-state index in [2.05, 4.69) is 20.3 Å². The fourth-order valence-electron chi connectivity index (χ4n) is 4.30. The Hall–Kier alpha value is -4.46. The molecular weight excluding hydrogens is 529 g/mol. The number of nitrogens with zero attached hydrogens (tertiary/aromatic N) is 7. The molecule has 212 valence electrons. The van der Waals surface area contributed by atoms with Crippen molar-refractivity contribution in [2.45, 2.75) is 19.1 Å². The van der Waals surface area contributed by atoms with E-state index in [0.717, 1.165) is 17.5 Å². The molecule has 2 aromatic carbocycles. The van der Waals surface area contributed by atoms with E-state index >= 15 is 0 Å². The van der Waals surface area contributed by atoms with E-state index in [9.17, 15) is 23.3 Å². The van der Waals surface area contributed by atoms with Crippen molar-refractivity contribution in [1.82, 2.24) is 24.4 Å². The molecule has 14 heteroatoms. The molecule has 0 saturated carbocycles. The summed E-state index contributed by atoms with van der Waals surface area (Å²) in [6.45, 7) is 0.150. The van der Waals surface area contributed by atoms with Crippen LogP contribution in [-0.4, -0.2) is 76.9 Å². The third-order valence-corrected chi connectivity index (χ3v) is 6.13. The minimum atomic E-state index is -4.49. The van der Waals surface area contributed by atoms with Gasteiger partial charge in [-0.3, -0.25) is 10.1 Å². The lowest BCUT2D eigenvalue weighted by molar-refractivity contribution is -0.384. The monoisotopic (exact) mass is 558 g/mol. The second-order valence-electron chi connectivity index (χ2n) is 9.39. The first-order valence-electron chi connectivity index (χ1n) is 12.3. The topological polar surface area (TPSA) is 114 Å². The van der Waals surface area contributed by atoms with Crippen LogP contribution in [0, 0.1) is 10.1 Å². The molecule has 0 fully saturated rings. The van der Waals surface area contributed by atoms with E-state index in [1.165, 1.54) is 25.4 Å². The van der Waals surface area contributed by atoms with Crippen LogP contribution in [0.25, 0.3) is 22.6 Å². The number of imidazole rings is 1. The molecule has 0 unspecified atom stereocenters. The summed E-state index contributed by atoms with van der Waals surface area (Å²) in [5.74, 6) is 0.317. The van der Waals surface area contributed by atoms with Gasteiger partial charge < -0.3 is 24.4 Å². The third kappa shape index (κ3) is 6.57. The number of nitro groups is 1. The van der Waals surface area contributed by atoms with Gasteiger partial charge in [0.1, 0.15) is 23.7 Å². The van der Waals surface area contributed by atoms with Crippen LogP contribution in [0.5, 0.6) is 5.75 Å². The number of anilines is 3. The zero-order valence-electron chi connectivity index (χ0n) is 22.4. The molecule has 0 atom stereocenters. The Balaban J connectivity index is 1.69. The predicted octanol–water partition coefficient (Wildman–Crippen LogP) is 5.10. The van der Waals surface area contributed by atoms with Gasteiger partial charge in [0.15, 0.2) is 5.82 Å². The zero-order valence-corrected chi connectivity index (χ0v) is 22.4. The molecule has 0 aliphatic rings. The van der Waals surface area contributed by atoms with Gasteiger partial charge >= 0.3 is 6.18 Å². The van der Waals surface area contributed by atoms with Crippen molar-refractivity contribution in [2.24, 2.45) is 0 Å². The molecule has 40 heavy (non-hydrogen) atoms.